The molecule has 5 nitrogen and oxygen atoms in total. The van der Waals surface area contributed by atoms with Gasteiger partial charge in [-0.15, -0.1) is 0 Å². The van der Waals surface area contributed by atoms with Crippen LogP contribution in [0.3, 0.4) is 0 Å². The molecular formula is C36H48N2O3. The molecule has 1 heterocycles. The summed E-state index contributed by atoms with van der Waals surface area (Å²) in [4.78, 5) is 33.4. The maximum absolute atomic E-state index is 14.4. The van der Waals surface area contributed by atoms with E-state index in [1.807, 2.05) is 12.1 Å². The molecule has 1 aliphatic heterocycles. The van der Waals surface area contributed by atoms with Gasteiger partial charge in [-0.05, 0) is 103 Å². The molecule has 0 spiro atoms. The highest BCUT2D eigenvalue weighted by molar-refractivity contribution is 6.46. The van der Waals surface area contributed by atoms with E-state index >= 15 is 0 Å². The molecule has 2 fully saturated rings. The molecule has 220 valence electrons. The monoisotopic (exact) mass is 556 g/mol. The number of carboxylic acid groups (broad SMARTS) is 1. The first-order valence-corrected chi connectivity index (χ1v) is 15.7. The Morgan fingerprint density at radius 1 is 0.902 bits per heavy atom. The first-order valence-electron chi connectivity index (χ1n) is 15.7. The number of hydrogen-bond acceptors (Lipinski definition) is 3. The number of benzene rings is 2. The zero-order valence-corrected chi connectivity index (χ0v) is 25.8. The number of amides is 1. The van der Waals surface area contributed by atoms with Crippen molar-refractivity contribution < 1.29 is 14.7 Å². The van der Waals surface area contributed by atoms with Gasteiger partial charge >= 0.3 is 5.97 Å². The van der Waals surface area contributed by atoms with Gasteiger partial charge in [-0.1, -0.05) is 77.9 Å². The summed E-state index contributed by atoms with van der Waals surface area (Å²) in [7, 11) is 0. The van der Waals surface area contributed by atoms with Crippen molar-refractivity contribution in [3.8, 4) is 0 Å². The molecule has 0 radical (unpaired) electrons. The number of aromatic carboxylic acids is 1. The number of hydrogen-bond donors (Lipinski definition) is 1. The fourth-order valence-electron chi connectivity index (χ4n) is 6.85. The Morgan fingerprint density at radius 2 is 1.51 bits per heavy atom. The Bertz CT molecular complexity index is 1270. The van der Waals surface area contributed by atoms with Crippen molar-refractivity contribution in [2.45, 2.75) is 111 Å². The van der Waals surface area contributed by atoms with Crippen LogP contribution in [0.25, 0.3) is 0 Å². The largest absolute Gasteiger partial charge is 0.478 e. The first-order chi connectivity index (χ1) is 19.3. The molecular weight excluding hydrogens is 508 g/mol. The van der Waals surface area contributed by atoms with Gasteiger partial charge in [-0.2, -0.15) is 0 Å². The lowest BCUT2D eigenvalue weighted by molar-refractivity contribution is -0.129. The van der Waals surface area contributed by atoms with E-state index in [4.69, 9.17) is 4.99 Å². The molecule has 2 saturated carbocycles. The van der Waals surface area contributed by atoms with Gasteiger partial charge in [0, 0.05) is 5.56 Å². The van der Waals surface area contributed by atoms with E-state index in [0.717, 1.165) is 49.7 Å². The average Bonchev–Trinajstić information content (AvgIpc) is 3.72. The van der Waals surface area contributed by atoms with Crippen LogP contribution in [0.4, 0.5) is 0 Å². The standard InChI is InChI=1S/C36H48N2O3/c1-35(2,3)22-21-30(25-11-15-28(16-12-25)34(40)41)38-32(27-17-19-29(20-18-27)36(4,5)6)37-31(33(38)39)26-13-9-24(10-14-26)23-7-8-23/h9-16,23,27,29-30,32H,7-8,17-22H2,1-6H3,(H,40,41)/t27?,29?,30-,32?/m1/s1. The molecule has 2 aromatic rings. The lowest BCUT2D eigenvalue weighted by atomic mass is 9.69. The van der Waals surface area contributed by atoms with Crippen LogP contribution in [-0.4, -0.2) is 33.8 Å². The van der Waals surface area contributed by atoms with Gasteiger partial charge in [0.2, 0.25) is 0 Å². The van der Waals surface area contributed by atoms with Crippen molar-refractivity contribution in [1.29, 1.82) is 0 Å². The Labute approximate surface area is 246 Å². The lowest BCUT2D eigenvalue weighted by Crippen LogP contribution is -2.44. The number of carbonyl (C=O) groups is 2. The quantitative estimate of drug-likeness (QED) is 0.354. The van der Waals surface area contributed by atoms with E-state index < -0.39 is 5.97 Å². The molecule has 0 saturated heterocycles. The van der Waals surface area contributed by atoms with E-state index in [9.17, 15) is 14.7 Å². The predicted octanol–water partition coefficient (Wildman–Crippen LogP) is 8.64. The Kier molecular flexibility index (Phi) is 8.20. The van der Waals surface area contributed by atoms with E-state index in [2.05, 4.69) is 70.7 Å². The summed E-state index contributed by atoms with van der Waals surface area (Å²) < 4.78 is 0. The van der Waals surface area contributed by atoms with Gasteiger partial charge in [-0.25, -0.2) is 4.79 Å². The molecule has 1 unspecified atom stereocenters. The van der Waals surface area contributed by atoms with Gasteiger partial charge < -0.3 is 10.0 Å². The van der Waals surface area contributed by atoms with Crippen LogP contribution >= 0.6 is 0 Å². The number of aliphatic imine (C=N–C) groups is 1. The third-order valence-electron chi connectivity index (χ3n) is 9.68. The second kappa shape index (κ2) is 11.4. The summed E-state index contributed by atoms with van der Waals surface area (Å²) in [6.07, 6.45) is 8.50. The molecule has 2 atom stereocenters. The third-order valence-corrected chi connectivity index (χ3v) is 9.68. The van der Waals surface area contributed by atoms with Gasteiger partial charge in [-0.3, -0.25) is 9.79 Å². The number of rotatable bonds is 8. The molecule has 41 heavy (non-hydrogen) atoms. The van der Waals surface area contributed by atoms with Crippen LogP contribution in [0.1, 0.15) is 132 Å². The molecule has 5 heteroatoms. The second-order valence-electron chi connectivity index (χ2n) is 15.0. The van der Waals surface area contributed by atoms with Crippen molar-refractivity contribution in [3.05, 3.63) is 70.8 Å². The summed E-state index contributed by atoms with van der Waals surface area (Å²) in [5, 5.41) is 9.50. The molecule has 1 N–H and O–H groups in total. The fraction of sp³-hybridized carbons (Fsp3) is 0.583. The maximum atomic E-state index is 14.4. The topological polar surface area (TPSA) is 70.0 Å². The SMILES string of the molecule is CC(C)(C)CC[C@H](c1ccc(C(=O)O)cc1)N1C(=O)C(c2ccc(C3CC3)cc2)=NC1C1CCC(C(C)(C)C)CC1. The van der Waals surface area contributed by atoms with Crippen LogP contribution in [-0.2, 0) is 4.79 Å². The second-order valence-corrected chi connectivity index (χ2v) is 15.0. The fourth-order valence-corrected chi connectivity index (χ4v) is 6.85. The van der Waals surface area contributed by atoms with Crippen LogP contribution in [0.2, 0.25) is 0 Å². The van der Waals surface area contributed by atoms with Crippen molar-refractivity contribution in [2.75, 3.05) is 0 Å². The van der Waals surface area contributed by atoms with E-state index in [1.54, 1.807) is 12.1 Å². The number of carboxylic acids is 1. The van der Waals surface area contributed by atoms with Gasteiger partial charge in [0.15, 0.2) is 0 Å². The average molecular weight is 557 g/mol. The Hall–Kier alpha value is -2.95. The third kappa shape index (κ3) is 6.76. The van der Waals surface area contributed by atoms with Crippen molar-refractivity contribution >= 4 is 17.6 Å². The van der Waals surface area contributed by atoms with Crippen molar-refractivity contribution in [3.63, 3.8) is 0 Å². The highest BCUT2D eigenvalue weighted by Gasteiger charge is 2.45. The molecule has 0 bridgehead atoms. The van der Waals surface area contributed by atoms with E-state index in [1.165, 1.54) is 18.4 Å². The normalized spacial score (nSPS) is 24.3. The molecule has 1 amide bonds. The minimum atomic E-state index is -0.936. The summed E-state index contributed by atoms with van der Waals surface area (Å²) in [6, 6.07) is 15.5. The van der Waals surface area contributed by atoms with Gasteiger partial charge in [0.1, 0.15) is 11.9 Å². The zero-order valence-electron chi connectivity index (χ0n) is 25.8. The van der Waals surface area contributed by atoms with E-state index in [-0.39, 0.29) is 34.5 Å². The molecule has 2 aromatic carbocycles. The zero-order chi connectivity index (χ0) is 29.5. The van der Waals surface area contributed by atoms with Gasteiger partial charge in [0.05, 0.1) is 11.6 Å². The molecule has 0 aromatic heterocycles. The lowest BCUT2D eigenvalue weighted by Gasteiger charge is -2.42. The number of carbonyl (C=O) groups excluding carboxylic acids is 1. The highest BCUT2D eigenvalue weighted by atomic mass is 16.4. The van der Waals surface area contributed by atoms with Gasteiger partial charge in [0.25, 0.3) is 5.91 Å². The predicted molar refractivity (Wildman–Crippen MR) is 165 cm³/mol. The minimum Gasteiger partial charge on any atom is -0.478 e. The highest BCUT2D eigenvalue weighted by Crippen LogP contribution is 2.45. The molecule has 3 aliphatic rings. The van der Waals surface area contributed by atoms with Crippen LogP contribution in [0, 0.1) is 22.7 Å². The van der Waals surface area contributed by atoms with Crippen molar-refractivity contribution in [1.82, 2.24) is 4.90 Å². The maximum Gasteiger partial charge on any atom is 0.335 e. The van der Waals surface area contributed by atoms with Crippen LogP contribution < -0.4 is 0 Å². The summed E-state index contributed by atoms with van der Waals surface area (Å²) in [5.74, 6) is 0.740. The minimum absolute atomic E-state index is 0.00772. The Morgan fingerprint density at radius 3 is 2.02 bits per heavy atom. The number of nitrogens with zero attached hydrogens (tertiary/aromatic N) is 2. The van der Waals surface area contributed by atoms with E-state index in [0.29, 0.717) is 23.5 Å². The van der Waals surface area contributed by atoms with Crippen molar-refractivity contribution in [2.24, 2.45) is 27.7 Å². The van der Waals surface area contributed by atoms with Crippen LogP contribution in [0.5, 0.6) is 0 Å². The Balaban J connectivity index is 1.50. The van der Waals surface area contributed by atoms with Crippen LogP contribution in [0.15, 0.2) is 53.5 Å². The smallest absolute Gasteiger partial charge is 0.335 e. The summed E-state index contributed by atoms with van der Waals surface area (Å²) in [5.41, 5.74) is 4.49. The molecule has 5 rings (SSSR count). The summed E-state index contributed by atoms with van der Waals surface area (Å²) in [6.45, 7) is 13.7. The summed E-state index contributed by atoms with van der Waals surface area (Å²) >= 11 is 0. The first kappa shape index (κ1) is 29.5. The molecule has 2 aliphatic carbocycles.